The first-order chi connectivity index (χ1) is 6.36. The van der Waals surface area contributed by atoms with Gasteiger partial charge in [0.15, 0.2) is 0 Å². The van der Waals surface area contributed by atoms with Gasteiger partial charge < -0.3 is 9.64 Å². The molecule has 2 radical (unpaired) electrons. The maximum absolute atomic E-state index is 5.67. The van der Waals surface area contributed by atoms with Crippen LogP contribution in [0.2, 0.25) is 0 Å². The third-order valence-corrected chi connectivity index (χ3v) is 2.10. The predicted octanol–water partition coefficient (Wildman–Crippen LogP) is -0.288. The van der Waals surface area contributed by atoms with Crippen LogP contribution < -0.4 is 10.4 Å². The van der Waals surface area contributed by atoms with Crippen LogP contribution >= 0.6 is 0 Å². The van der Waals surface area contributed by atoms with Gasteiger partial charge in [-0.05, 0) is 6.07 Å². The van der Waals surface area contributed by atoms with Crippen LogP contribution in [-0.4, -0.2) is 39.1 Å². The molecular weight excluding hydrogens is 163 g/mol. The topological polar surface area (TPSA) is 25.4 Å². The zero-order chi connectivity index (χ0) is 9.10. The van der Waals surface area contributed by atoms with Gasteiger partial charge in [-0.3, -0.25) is 0 Å². The van der Waals surface area contributed by atoms with Crippen molar-refractivity contribution in [2.24, 2.45) is 0 Å². The van der Waals surface area contributed by atoms with E-state index in [1.54, 1.807) is 12.3 Å². The first-order valence-electron chi connectivity index (χ1n) is 4.40. The fraction of sp³-hybridized carbons (Fsp3) is 0.444. The molecule has 4 heteroatoms. The highest BCUT2D eigenvalue weighted by Gasteiger charge is 2.11. The molecule has 2 heterocycles. The molecule has 0 aliphatic carbocycles. The zero-order valence-electron chi connectivity index (χ0n) is 7.44. The van der Waals surface area contributed by atoms with E-state index in [0.29, 0.717) is 0 Å². The Labute approximate surface area is 79.1 Å². The number of morpholine rings is 1. The van der Waals surface area contributed by atoms with Crippen LogP contribution in [0.4, 0.5) is 5.82 Å². The molecule has 1 aromatic heterocycles. The lowest BCUT2D eigenvalue weighted by atomic mass is 9.98. The molecule has 2 rings (SSSR count). The second kappa shape index (κ2) is 3.79. The maximum atomic E-state index is 5.67. The Morgan fingerprint density at radius 1 is 1.38 bits per heavy atom. The highest BCUT2D eigenvalue weighted by atomic mass is 16.5. The van der Waals surface area contributed by atoms with Crippen LogP contribution in [0.5, 0.6) is 0 Å². The summed E-state index contributed by atoms with van der Waals surface area (Å²) in [5.41, 5.74) is 0.761. The van der Waals surface area contributed by atoms with E-state index in [1.165, 1.54) is 0 Å². The summed E-state index contributed by atoms with van der Waals surface area (Å²) in [5, 5.41) is 0. The van der Waals surface area contributed by atoms with E-state index in [4.69, 9.17) is 12.6 Å². The normalized spacial score (nSPS) is 17.4. The van der Waals surface area contributed by atoms with E-state index < -0.39 is 0 Å². The standard InChI is InChI=1S/C9H11BN2O/c10-8-1-2-11-9(7-8)12-3-5-13-6-4-12/h1-2,7H,3-6H2. The molecule has 0 saturated carbocycles. The smallest absolute Gasteiger partial charge is 0.128 e. The van der Waals surface area contributed by atoms with Crippen LogP contribution in [0.15, 0.2) is 18.3 Å². The van der Waals surface area contributed by atoms with E-state index in [1.807, 2.05) is 6.07 Å². The molecule has 1 aromatic rings. The predicted molar refractivity (Wildman–Crippen MR) is 52.7 cm³/mol. The Morgan fingerprint density at radius 3 is 2.85 bits per heavy atom. The Bertz CT molecular complexity index is 287. The molecule has 0 spiro atoms. The Hall–Kier alpha value is -1.03. The zero-order valence-corrected chi connectivity index (χ0v) is 7.44. The van der Waals surface area contributed by atoms with E-state index in [-0.39, 0.29) is 0 Å². The van der Waals surface area contributed by atoms with Crippen molar-refractivity contribution >= 4 is 19.1 Å². The SMILES string of the molecule is [B]c1ccnc(N2CCOCC2)c1. The molecule has 3 nitrogen and oxygen atoms in total. The summed E-state index contributed by atoms with van der Waals surface area (Å²) < 4.78 is 5.25. The van der Waals surface area contributed by atoms with Crippen LogP contribution in [0.1, 0.15) is 0 Å². The van der Waals surface area contributed by atoms with Crippen molar-refractivity contribution in [3.05, 3.63) is 18.3 Å². The molecule has 0 atom stereocenters. The van der Waals surface area contributed by atoms with Gasteiger partial charge >= 0.3 is 0 Å². The number of pyridine rings is 1. The van der Waals surface area contributed by atoms with Crippen LogP contribution in [-0.2, 0) is 4.74 Å². The summed E-state index contributed by atoms with van der Waals surface area (Å²) in [4.78, 5) is 6.43. The number of hydrogen-bond acceptors (Lipinski definition) is 3. The fourth-order valence-corrected chi connectivity index (χ4v) is 1.40. The van der Waals surface area contributed by atoms with Gasteiger partial charge in [0, 0.05) is 19.3 Å². The molecule has 1 aliphatic rings. The van der Waals surface area contributed by atoms with Gasteiger partial charge in [-0.1, -0.05) is 11.5 Å². The third kappa shape index (κ3) is 2.01. The molecule has 1 saturated heterocycles. The number of aromatic nitrogens is 1. The summed E-state index contributed by atoms with van der Waals surface area (Å²) in [6.45, 7) is 3.35. The highest BCUT2D eigenvalue weighted by Crippen LogP contribution is 2.09. The number of nitrogens with zero attached hydrogens (tertiary/aromatic N) is 2. The van der Waals surface area contributed by atoms with Gasteiger partial charge in [0.25, 0.3) is 0 Å². The first-order valence-corrected chi connectivity index (χ1v) is 4.40. The van der Waals surface area contributed by atoms with Crippen LogP contribution in [0.25, 0.3) is 0 Å². The molecule has 0 N–H and O–H groups in total. The van der Waals surface area contributed by atoms with Crippen LogP contribution in [0.3, 0.4) is 0 Å². The lowest BCUT2D eigenvalue weighted by Gasteiger charge is -2.27. The Kier molecular flexibility index (Phi) is 2.50. The largest absolute Gasteiger partial charge is 0.378 e. The Morgan fingerprint density at radius 2 is 2.15 bits per heavy atom. The number of hydrogen-bond donors (Lipinski definition) is 0. The average molecular weight is 174 g/mol. The summed E-state index contributed by atoms with van der Waals surface area (Å²) >= 11 is 0. The van der Waals surface area contributed by atoms with Gasteiger partial charge in [0.1, 0.15) is 13.7 Å². The van der Waals surface area contributed by atoms with Crippen molar-refractivity contribution < 1.29 is 4.74 Å². The minimum Gasteiger partial charge on any atom is -0.378 e. The van der Waals surface area contributed by atoms with Crippen molar-refractivity contribution in [2.45, 2.75) is 0 Å². The molecule has 13 heavy (non-hydrogen) atoms. The quantitative estimate of drug-likeness (QED) is 0.547. The molecule has 0 aromatic carbocycles. The van der Waals surface area contributed by atoms with Crippen molar-refractivity contribution in [3.63, 3.8) is 0 Å². The maximum Gasteiger partial charge on any atom is 0.128 e. The van der Waals surface area contributed by atoms with E-state index >= 15 is 0 Å². The summed E-state index contributed by atoms with van der Waals surface area (Å²) in [7, 11) is 5.67. The third-order valence-electron chi connectivity index (χ3n) is 2.10. The number of ether oxygens (including phenoxy) is 1. The molecule has 0 amide bonds. The van der Waals surface area contributed by atoms with Crippen LogP contribution in [0, 0.1) is 0 Å². The number of anilines is 1. The Balaban J connectivity index is 2.14. The molecule has 1 fully saturated rings. The lowest BCUT2D eigenvalue weighted by Crippen LogP contribution is -2.37. The van der Waals surface area contributed by atoms with E-state index in [9.17, 15) is 0 Å². The molecule has 0 unspecified atom stereocenters. The second-order valence-electron chi connectivity index (χ2n) is 3.05. The van der Waals surface area contributed by atoms with Gasteiger partial charge in [-0.25, -0.2) is 4.98 Å². The minimum atomic E-state index is 0.761. The van der Waals surface area contributed by atoms with E-state index in [2.05, 4.69) is 9.88 Å². The second-order valence-corrected chi connectivity index (χ2v) is 3.05. The lowest BCUT2D eigenvalue weighted by molar-refractivity contribution is 0.122. The number of rotatable bonds is 1. The average Bonchev–Trinajstić information content (AvgIpc) is 2.19. The van der Waals surface area contributed by atoms with Gasteiger partial charge in [0.2, 0.25) is 0 Å². The van der Waals surface area contributed by atoms with Crippen molar-refractivity contribution in [1.82, 2.24) is 4.98 Å². The van der Waals surface area contributed by atoms with Gasteiger partial charge in [0.05, 0.1) is 13.2 Å². The van der Waals surface area contributed by atoms with Crippen molar-refractivity contribution in [1.29, 1.82) is 0 Å². The highest BCUT2D eigenvalue weighted by molar-refractivity contribution is 6.32. The molecule has 66 valence electrons. The van der Waals surface area contributed by atoms with Crippen molar-refractivity contribution in [2.75, 3.05) is 31.2 Å². The molecule has 0 bridgehead atoms. The molecular formula is C9H11BN2O. The van der Waals surface area contributed by atoms with Crippen molar-refractivity contribution in [3.8, 4) is 0 Å². The summed E-state index contributed by atoms with van der Waals surface area (Å²) in [5.74, 6) is 0.948. The van der Waals surface area contributed by atoms with Gasteiger partial charge in [-0.15, -0.1) is 0 Å². The first kappa shape index (κ1) is 8.57. The molecule has 1 aliphatic heterocycles. The fourth-order valence-electron chi connectivity index (χ4n) is 1.40. The monoisotopic (exact) mass is 174 g/mol. The summed E-state index contributed by atoms with van der Waals surface area (Å²) in [6.07, 6.45) is 1.74. The van der Waals surface area contributed by atoms with Gasteiger partial charge in [-0.2, -0.15) is 0 Å². The van der Waals surface area contributed by atoms with E-state index in [0.717, 1.165) is 37.6 Å². The summed E-state index contributed by atoms with van der Waals surface area (Å²) in [6, 6.07) is 3.69. The minimum absolute atomic E-state index is 0.761.